The fourth-order valence-electron chi connectivity index (χ4n) is 9.11. The molecule has 0 saturated heterocycles. The molecule has 11 rings (SSSR count). The lowest BCUT2D eigenvalue weighted by Crippen LogP contribution is -2.63. The molecule has 242 valence electrons. The summed E-state index contributed by atoms with van der Waals surface area (Å²) < 4.78 is 6.49. The van der Waals surface area contributed by atoms with Gasteiger partial charge in [-0.15, -0.1) is 0 Å². The van der Waals surface area contributed by atoms with E-state index in [0.29, 0.717) is 0 Å². The first-order valence-electron chi connectivity index (χ1n) is 17.7. The summed E-state index contributed by atoms with van der Waals surface area (Å²) in [6.07, 6.45) is 0. The summed E-state index contributed by atoms with van der Waals surface area (Å²) in [6.45, 7) is 4.77. The standard InChI is InChI=1S/C45H33BN4O/c1-45(2)49(31-18-7-4-8-19-31)38-25-15-21-34-44(38)50(45)40-29-32(48-36-23-11-13-26-41(36)51-42-27-14-12-24-37(42)48)28-39-43(40)46(34)33-20-9-10-22-35(33)47(39)30-16-5-3-6-17-30/h3-29H,1-2H3. The molecule has 0 aromatic heterocycles. The van der Waals surface area contributed by atoms with E-state index in [1.165, 1.54) is 50.5 Å². The van der Waals surface area contributed by atoms with Crippen molar-refractivity contribution in [2.45, 2.75) is 19.5 Å². The molecule has 6 heteroatoms. The molecule has 0 bridgehead atoms. The van der Waals surface area contributed by atoms with E-state index in [2.05, 4.69) is 185 Å². The van der Waals surface area contributed by atoms with Gasteiger partial charge in [0.05, 0.1) is 28.4 Å². The van der Waals surface area contributed by atoms with Crippen molar-refractivity contribution in [1.29, 1.82) is 0 Å². The molecule has 0 aliphatic carbocycles. The molecular weight excluding hydrogens is 623 g/mol. The molecule has 51 heavy (non-hydrogen) atoms. The van der Waals surface area contributed by atoms with E-state index in [0.717, 1.165) is 34.2 Å². The summed E-state index contributed by atoms with van der Waals surface area (Å²) in [4.78, 5) is 9.98. The first-order chi connectivity index (χ1) is 25.1. The Bertz CT molecular complexity index is 2490. The molecule has 0 N–H and O–H groups in total. The fraction of sp³-hybridized carbons (Fsp3) is 0.0667. The average molecular weight is 657 g/mol. The highest BCUT2D eigenvalue weighted by Crippen LogP contribution is 2.57. The van der Waals surface area contributed by atoms with Crippen LogP contribution in [0.4, 0.5) is 56.9 Å². The third-order valence-electron chi connectivity index (χ3n) is 11.0. The number of ether oxygens (including phenoxy) is 1. The molecule has 7 aromatic rings. The number of hydrogen-bond donors (Lipinski definition) is 0. The van der Waals surface area contributed by atoms with E-state index in [1.54, 1.807) is 0 Å². The van der Waals surface area contributed by atoms with Crippen molar-refractivity contribution >= 4 is 80.0 Å². The molecule has 0 radical (unpaired) electrons. The number of hydrogen-bond acceptors (Lipinski definition) is 5. The van der Waals surface area contributed by atoms with Crippen molar-refractivity contribution in [1.82, 2.24) is 0 Å². The molecule has 4 aliphatic heterocycles. The Morgan fingerprint density at radius 3 is 1.67 bits per heavy atom. The Morgan fingerprint density at radius 1 is 0.431 bits per heavy atom. The quantitative estimate of drug-likeness (QED) is 0.176. The van der Waals surface area contributed by atoms with Gasteiger partial charge in [-0.2, -0.15) is 0 Å². The van der Waals surface area contributed by atoms with Crippen LogP contribution in [-0.2, 0) is 0 Å². The van der Waals surface area contributed by atoms with Gasteiger partial charge in [-0.1, -0.05) is 91.0 Å². The minimum absolute atomic E-state index is 0.0576. The second-order valence-corrected chi connectivity index (χ2v) is 14.1. The molecule has 7 aromatic carbocycles. The van der Waals surface area contributed by atoms with Crippen LogP contribution in [0.1, 0.15) is 13.8 Å². The van der Waals surface area contributed by atoms with Crippen molar-refractivity contribution in [3.63, 3.8) is 0 Å². The van der Waals surface area contributed by atoms with Crippen LogP contribution in [0.2, 0.25) is 0 Å². The van der Waals surface area contributed by atoms with Crippen molar-refractivity contribution in [3.05, 3.63) is 164 Å². The minimum Gasteiger partial charge on any atom is -0.453 e. The van der Waals surface area contributed by atoms with E-state index in [1.807, 2.05) is 12.1 Å². The summed E-state index contributed by atoms with van der Waals surface area (Å²) >= 11 is 0. The van der Waals surface area contributed by atoms with Crippen LogP contribution in [0.15, 0.2) is 164 Å². The summed E-state index contributed by atoms with van der Waals surface area (Å²) in [5.41, 5.74) is 15.1. The van der Waals surface area contributed by atoms with Gasteiger partial charge >= 0.3 is 0 Å². The second-order valence-electron chi connectivity index (χ2n) is 14.1. The zero-order chi connectivity index (χ0) is 33.8. The molecule has 0 atom stereocenters. The highest BCUT2D eigenvalue weighted by atomic mass is 16.5. The molecule has 0 unspecified atom stereocenters. The smallest absolute Gasteiger partial charge is 0.252 e. The fourth-order valence-corrected chi connectivity index (χ4v) is 9.11. The first kappa shape index (κ1) is 28.4. The zero-order valence-corrected chi connectivity index (χ0v) is 28.4. The average Bonchev–Trinajstić information content (AvgIpc) is 3.42. The highest BCUT2D eigenvalue weighted by molar-refractivity contribution is 7.00. The molecule has 0 amide bonds. The van der Waals surface area contributed by atoms with Crippen LogP contribution < -0.4 is 40.7 Å². The number of para-hydroxylation sites is 8. The van der Waals surface area contributed by atoms with Crippen LogP contribution in [0, 0.1) is 0 Å². The minimum atomic E-state index is -0.424. The van der Waals surface area contributed by atoms with Gasteiger partial charge in [-0.05, 0) is 103 Å². The van der Waals surface area contributed by atoms with E-state index >= 15 is 0 Å². The summed E-state index contributed by atoms with van der Waals surface area (Å²) in [5.74, 6) is 1.69. The van der Waals surface area contributed by atoms with Gasteiger partial charge in [0.25, 0.3) is 6.71 Å². The van der Waals surface area contributed by atoms with Crippen molar-refractivity contribution in [3.8, 4) is 11.5 Å². The van der Waals surface area contributed by atoms with Crippen LogP contribution >= 0.6 is 0 Å². The number of rotatable bonds is 3. The molecule has 4 aliphatic rings. The normalized spacial score (nSPS) is 15.4. The molecule has 0 spiro atoms. The van der Waals surface area contributed by atoms with E-state index in [4.69, 9.17) is 4.74 Å². The van der Waals surface area contributed by atoms with Crippen LogP contribution in [-0.4, -0.2) is 12.4 Å². The van der Waals surface area contributed by atoms with Crippen LogP contribution in [0.3, 0.4) is 0 Å². The third kappa shape index (κ3) is 3.82. The van der Waals surface area contributed by atoms with Gasteiger partial charge in [-0.25, -0.2) is 0 Å². The predicted molar refractivity (Wildman–Crippen MR) is 212 cm³/mol. The largest absolute Gasteiger partial charge is 0.453 e. The highest BCUT2D eigenvalue weighted by Gasteiger charge is 2.53. The number of nitrogens with zero attached hydrogens (tertiary/aromatic N) is 4. The Labute approximate surface area is 298 Å². The molecule has 0 fully saturated rings. The lowest BCUT2D eigenvalue weighted by atomic mass is 9.33. The monoisotopic (exact) mass is 656 g/mol. The third-order valence-corrected chi connectivity index (χ3v) is 11.0. The van der Waals surface area contributed by atoms with Gasteiger partial charge in [0, 0.05) is 28.4 Å². The molecule has 5 nitrogen and oxygen atoms in total. The van der Waals surface area contributed by atoms with Crippen molar-refractivity contribution in [2.24, 2.45) is 0 Å². The number of fused-ring (bicyclic) bond motifs is 6. The molecule has 0 saturated carbocycles. The number of benzene rings is 7. The molecule has 4 heterocycles. The van der Waals surface area contributed by atoms with Gasteiger partial charge < -0.3 is 24.3 Å². The predicted octanol–water partition coefficient (Wildman–Crippen LogP) is 9.90. The van der Waals surface area contributed by atoms with Crippen molar-refractivity contribution in [2.75, 3.05) is 19.6 Å². The molecular formula is C45H33BN4O. The Morgan fingerprint density at radius 2 is 0.961 bits per heavy atom. The SMILES string of the molecule is CC1(C)N(c2ccccc2)c2cccc3c2N1c1cc(N2c4ccccc4Oc4ccccc42)cc2c1B3c1ccccc1N2c1ccccc1. The topological polar surface area (TPSA) is 22.2 Å². The lowest BCUT2D eigenvalue weighted by Gasteiger charge is -2.47. The number of anilines is 10. The Kier molecular flexibility index (Phi) is 5.75. The van der Waals surface area contributed by atoms with Gasteiger partial charge in [0.15, 0.2) is 11.5 Å². The lowest BCUT2D eigenvalue weighted by molar-refractivity contribution is 0.477. The summed E-state index contributed by atoms with van der Waals surface area (Å²) in [6, 6.07) is 59.1. The maximum absolute atomic E-state index is 6.49. The van der Waals surface area contributed by atoms with Gasteiger partial charge in [-0.3, -0.25) is 0 Å². The Balaban J connectivity index is 1.26. The summed E-state index contributed by atoms with van der Waals surface area (Å²) in [7, 11) is 0. The van der Waals surface area contributed by atoms with E-state index in [9.17, 15) is 0 Å². The van der Waals surface area contributed by atoms with Crippen LogP contribution in [0.5, 0.6) is 11.5 Å². The maximum Gasteiger partial charge on any atom is 0.252 e. The summed E-state index contributed by atoms with van der Waals surface area (Å²) in [5, 5.41) is 0. The van der Waals surface area contributed by atoms with Crippen LogP contribution in [0.25, 0.3) is 0 Å². The van der Waals surface area contributed by atoms with Gasteiger partial charge in [0.2, 0.25) is 0 Å². The van der Waals surface area contributed by atoms with Crippen molar-refractivity contribution < 1.29 is 4.74 Å². The Hall–Kier alpha value is -6.40. The zero-order valence-electron chi connectivity index (χ0n) is 28.4. The van der Waals surface area contributed by atoms with E-state index in [-0.39, 0.29) is 6.71 Å². The second kappa shape index (κ2) is 10.3. The first-order valence-corrected chi connectivity index (χ1v) is 17.7. The van der Waals surface area contributed by atoms with Gasteiger partial charge in [0.1, 0.15) is 5.66 Å². The van der Waals surface area contributed by atoms with E-state index < -0.39 is 5.66 Å². The maximum atomic E-state index is 6.49.